The van der Waals surface area contributed by atoms with Crippen LogP contribution in [0.1, 0.15) is 12.8 Å². The molecular weight excluding hydrogens is 572 g/mol. The lowest BCUT2D eigenvalue weighted by Gasteiger charge is -2.22. The maximum Gasteiger partial charge on any atom is 0.299 e. The molecule has 0 amide bonds. The molecule has 0 unspecified atom stereocenters. The average Bonchev–Trinajstić information content (AvgIpc) is 3.01. The summed E-state index contributed by atoms with van der Waals surface area (Å²) < 4.78 is 43.9. The van der Waals surface area contributed by atoms with Gasteiger partial charge in [-0.25, -0.2) is 0 Å². The van der Waals surface area contributed by atoms with Gasteiger partial charge in [0.25, 0.3) is 11.4 Å². The van der Waals surface area contributed by atoms with Crippen LogP contribution in [-0.4, -0.2) is 135 Å². The van der Waals surface area contributed by atoms with Gasteiger partial charge < -0.3 is 48.5 Å². The van der Waals surface area contributed by atoms with Gasteiger partial charge in [0, 0.05) is 12.6 Å². The summed E-state index contributed by atoms with van der Waals surface area (Å²) in [5.74, 6) is 0. The number of benzene rings is 1. The van der Waals surface area contributed by atoms with Crippen LogP contribution in [0.2, 0.25) is 0 Å². The Labute approximate surface area is 251 Å². The normalized spacial score (nSPS) is 13.8. The molecule has 1 aliphatic heterocycles. The summed E-state index contributed by atoms with van der Waals surface area (Å²) in [6.07, 6.45) is 2.48. The molecule has 246 valence electrons. The van der Waals surface area contributed by atoms with Crippen molar-refractivity contribution < 1.29 is 47.7 Å². The van der Waals surface area contributed by atoms with Gasteiger partial charge in [0.2, 0.25) is 0 Å². The van der Waals surface area contributed by atoms with E-state index in [2.05, 4.69) is 10.6 Å². The second kappa shape index (κ2) is 24.9. The highest BCUT2D eigenvalue weighted by Gasteiger charge is 2.19. The largest absolute Gasteiger partial charge is 0.377 e. The van der Waals surface area contributed by atoms with Gasteiger partial charge in [-0.2, -0.15) is 0 Å². The maximum absolute atomic E-state index is 11.1. The van der Waals surface area contributed by atoms with Crippen molar-refractivity contribution >= 4 is 17.1 Å². The number of nitro groups is 2. The van der Waals surface area contributed by atoms with E-state index in [0.717, 1.165) is 32.0 Å². The number of nitro benzene ring substituents is 2. The van der Waals surface area contributed by atoms with E-state index in [9.17, 15) is 20.2 Å². The summed E-state index contributed by atoms with van der Waals surface area (Å²) in [7, 11) is 0. The van der Waals surface area contributed by atoms with E-state index < -0.39 is 9.85 Å². The number of nitrogens with zero attached hydrogens (tertiary/aromatic N) is 2. The molecule has 0 bridgehead atoms. The van der Waals surface area contributed by atoms with Crippen LogP contribution in [0, 0.1) is 20.2 Å². The SMILES string of the molecule is O=[N+]([O-])c1ccc(NCCOCCOCCOCCOCCOCCOCCOCCOC2CCNCC2)c([N+](=O)[O-])c1. The first kappa shape index (κ1) is 36.7. The van der Waals surface area contributed by atoms with E-state index in [0.29, 0.717) is 105 Å². The highest BCUT2D eigenvalue weighted by molar-refractivity contribution is 5.65. The molecule has 1 aromatic rings. The molecule has 0 aromatic heterocycles. The van der Waals surface area contributed by atoms with Gasteiger partial charge in [0.05, 0.1) is 121 Å². The zero-order valence-corrected chi connectivity index (χ0v) is 24.7. The quantitative estimate of drug-likeness (QED) is 0.0787. The fraction of sp³-hybridized carbons (Fsp3) is 0.778. The molecule has 1 fully saturated rings. The molecule has 2 rings (SSSR count). The molecule has 0 aliphatic carbocycles. The van der Waals surface area contributed by atoms with E-state index >= 15 is 0 Å². The lowest BCUT2D eigenvalue weighted by atomic mass is 10.1. The number of piperidine rings is 1. The Balaban J connectivity index is 1.24. The van der Waals surface area contributed by atoms with Crippen molar-refractivity contribution in [3.05, 3.63) is 38.4 Å². The molecule has 1 aromatic carbocycles. The van der Waals surface area contributed by atoms with Crippen molar-refractivity contribution in [1.29, 1.82) is 0 Å². The molecule has 0 saturated carbocycles. The van der Waals surface area contributed by atoms with Crippen LogP contribution in [0.5, 0.6) is 0 Å². The zero-order chi connectivity index (χ0) is 30.8. The summed E-state index contributed by atoms with van der Waals surface area (Å²) in [6.45, 7) is 9.34. The summed E-state index contributed by atoms with van der Waals surface area (Å²) in [4.78, 5) is 20.6. The number of nitrogens with one attached hydrogen (secondary N) is 2. The second-order valence-electron chi connectivity index (χ2n) is 9.25. The van der Waals surface area contributed by atoms with Gasteiger partial charge in [0.1, 0.15) is 5.69 Å². The van der Waals surface area contributed by atoms with Crippen LogP contribution < -0.4 is 10.6 Å². The van der Waals surface area contributed by atoms with Crippen LogP contribution >= 0.6 is 0 Å². The van der Waals surface area contributed by atoms with E-state index in [1.807, 2.05) is 0 Å². The van der Waals surface area contributed by atoms with Gasteiger partial charge in [-0.15, -0.1) is 0 Å². The molecule has 0 spiro atoms. The van der Waals surface area contributed by atoms with Crippen molar-refractivity contribution in [1.82, 2.24) is 5.32 Å². The molecule has 1 aliphatic rings. The topological polar surface area (TPSA) is 184 Å². The molecule has 16 nitrogen and oxygen atoms in total. The fourth-order valence-corrected chi connectivity index (χ4v) is 3.85. The van der Waals surface area contributed by atoms with Crippen molar-refractivity contribution in [3.8, 4) is 0 Å². The third-order valence-corrected chi connectivity index (χ3v) is 6.05. The first-order chi connectivity index (χ1) is 21.1. The number of rotatable bonds is 28. The lowest BCUT2D eigenvalue weighted by Crippen LogP contribution is -2.33. The molecule has 1 saturated heterocycles. The van der Waals surface area contributed by atoms with Crippen molar-refractivity contribution in [2.24, 2.45) is 0 Å². The third-order valence-electron chi connectivity index (χ3n) is 6.05. The molecule has 1 heterocycles. The first-order valence-electron chi connectivity index (χ1n) is 14.6. The van der Waals surface area contributed by atoms with Gasteiger partial charge in [-0.1, -0.05) is 0 Å². The van der Waals surface area contributed by atoms with Crippen LogP contribution in [-0.2, 0) is 37.9 Å². The van der Waals surface area contributed by atoms with Crippen LogP contribution in [0.25, 0.3) is 0 Å². The third kappa shape index (κ3) is 18.7. The molecule has 43 heavy (non-hydrogen) atoms. The maximum atomic E-state index is 11.1. The van der Waals surface area contributed by atoms with Crippen LogP contribution in [0.3, 0.4) is 0 Å². The summed E-state index contributed by atoms with van der Waals surface area (Å²) in [5.41, 5.74) is -0.511. The lowest BCUT2D eigenvalue weighted by molar-refractivity contribution is -0.393. The monoisotopic (exact) mass is 618 g/mol. The van der Waals surface area contributed by atoms with Gasteiger partial charge in [0.15, 0.2) is 0 Å². The van der Waals surface area contributed by atoms with Crippen molar-refractivity contribution in [2.75, 3.05) is 124 Å². The predicted octanol–water partition coefficient (Wildman–Crippen LogP) is 1.80. The summed E-state index contributed by atoms with van der Waals surface area (Å²) in [5, 5.41) is 28.1. The van der Waals surface area contributed by atoms with E-state index in [-0.39, 0.29) is 23.7 Å². The number of non-ortho nitro benzene ring substituents is 1. The average molecular weight is 619 g/mol. The fourth-order valence-electron chi connectivity index (χ4n) is 3.85. The van der Waals surface area contributed by atoms with Gasteiger partial charge >= 0.3 is 0 Å². The van der Waals surface area contributed by atoms with Crippen LogP contribution in [0.4, 0.5) is 17.1 Å². The van der Waals surface area contributed by atoms with Gasteiger partial charge in [-0.3, -0.25) is 20.2 Å². The van der Waals surface area contributed by atoms with E-state index in [4.69, 9.17) is 37.9 Å². The molecule has 2 N–H and O–H groups in total. The Bertz CT molecular complexity index is 876. The Morgan fingerprint density at radius 3 is 1.53 bits per heavy atom. The molecule has 16 heteroatoms. The number of ether oxygens (including phenoxy) is 8. The zero-order valence-electron chi connectivity index (χ0n) is 24.7. The molecule has 0 radical (unpaired) electrons. The van der Waals surface area contributed by atoms with Crippen molar-refractivity contribution in [2.45, 2.75) is 18.9 Å². The Hall–Kier alpha value is -2.54. The highest BCUT2D eigenvalue weighted by atomic mass is 16.6. The minimum atomic E-state index is -0.678. The minimum absolute atomic E-state index is 0.191. The van der Waals surface area contributed by atoms with E-state index in [1.165, 1.54) is 12.1 Å². The van der Waals surface area contributed by atoms with E-state index in [1.54, 1.807) is 0 Å². The smallest absolute Gasteiger partial charge is 0.299 e. The minimum Gasteiger partial charge on any atom is -0.377 e. The van der Waals surface area contributed by atoms with Gasteiger partial charge in [-0.05, 0) is 32.0 Å². The Morgan fingerprint density at radius 1 is 0.651 bits per heavy atom. The molecular formula is C27H46N4O12. The van der Waals surface area contributed by atoms with Crippen LogP contribution in [0.15, 0.2) is 18.2 Å². The number of hydrogen-bond acceptors (Lipinski definition) is 14. The molecule has 0 atom stereocenters. The second-order valence-corrected chi connectivity index (χ2v) is 9.25. The summed E-state index contributed by atoms with van der Waals surface area (Å²) >= 11 is 0. The predicted molar refractivity (Wildman–Crippen MR) is 156 cm³/mol. The summed E-state index contributed by atoms with van der Waals surface area (Å²) in [6, 6.07) is 3.44. The number of hydrogen-bond donors (Lipinski definition) is 2. The number of anilines is 1. The Morgan fingerprint density at radius 2 is 1.09 bits per heavy atom. The highest BCUT2D eigenvalue weighted by Crippen LogP contribution is 2.28. The van der Waals surface area contributed by atoms with Crippen molar-refractivity contribution in [3.63, 3.8) is 0 Å². The standard InChI is InChI=1S/C27H46N4O12/c32-30(33)24-1-2-26(27(23-24)31(34)35)29-7-8-36-9-10-37-11-12-38-13-14-39-15-16-40-17-18-41-19-20-42-21-22-43-25-3-5-28-6-4-25/h1-2,23,25,28-29H,3-22H2. The first-order valence-corrected chi connectivity index (χ1v) is 14.6. The Kier molecular flexibility index (Phi) is 21.2.